The zero-order chi connectivity index (χ0) is 20.9. The molecule has 0 bridgehead atoms. The smallest absolute Gasteiger partial charge is 0.317 e. The summed E-state index contributed by atoms with van der Waals surface area (Å²) in [5.41, 5.74) is 0.203. The van der Waals surface area contributed by atoms with E-state index in [9.17, 15) is 14.4 Å². The summed E-state index contributed by atoms with van der Waals surface area (Å²) < 4.78 is 10.5. The normalized spacial score (nSPS) is 19.0. The van der Waals surface area contributed by atoms with Crippen molar-refractivity contribution in [3.8, 4) is 0 Å². The average molecular weight is 422 g/mol. The summed E-state index contributed by atoms with van der Waals surface area (Å²) in [6.45, 7) is 2.83. The third-order valence-electron chi connectivity index (χ3n) is 6.04. The second kappa shape index (κ2) is 9.61. The Hall–Kier alpha value is -2.08. The van der Waals surface area contributed by atoms with Gasteiger partial charge in [-0.3, -0.25) is 14.4 Å². The molecule has 1 aromatic carbocycles. The van der Waals surface area contributed by atoms with E-state index >= 15 is 0 Å². The van der Waals surface area contributed by atoms with Gasteiger partial charge in [-0.05, 0) is 50.3 Å². The predicted octanol–water partition coefficient (Wildman–Crippen LogP) is 3.50. The van der Waals surface area contributed by atoms with Crippen LogP contribution in [0.4, 0.5) is 0 Å². The van der Waals surface area contributed by atoms with Gasteiger partial charge in [0.1, 0.15) is 0 Å². The van der Waals surface area contributed by atoms with Crippen LogP contribution in [0.15, 0.2) is 24.3 Å². The van der Waals surface area contributed by atoms with Crippen LogP contribution in [0.5, 0.6) is 0 Å². The molecule has 158 valence electrons. The standard InChI is InChI=1S/C22H28ClNO5/c1-2-28-20(26)16-9-13-24(14-10-16)19(25)15-29-21(27)22(11-3-4-12-22)17-5-7-18(23)8-6-17/h5-8,16H,2-4,9-15H2,1H3. The minimum Gasteiger partial charge on any atom is -0.466 e. The molecular formula is C22H28ClNO5. The minimum absolute atomic E-state index is 0.159. The van der Waals surface area contributed by atoms with Gasteiger partial charge in [0, 0.05) is 18.1 Å². The largest absolute Gasteiger partial charge is 0.466 e. The first-order valence-corrected chi connectivity index (χ1v) is 10.7. The Morgan fingerprint density at radius 3 is 2.28 bits per heavy atom. The quantitative estimate of drug-likeness (QED) is 0.657. The second-order valence-corrected chi connectivity index (χ2v) is 8.22. The van der Waals surface area contributed by atoms with E-state index in [2.05, 4.69) is 0 Å². The van der Waals surface area contributed by atoms with E-state index in [0.29, 0.717) is 50.4 Å². The molecule has 0 spiro atoms. The van der Waals surface area contributed by atoms with Crippen molar-refractivity contribution in [3.05, 3.63) is 34.9 Å². The van der Waals surface area contributed by atoms with Crippen molar-refractivity contribution in [1.29, 1.82) is 0 Å². The van der Waals surface area contributed by atoms with Gasteiger partial charge < -0.3 is 14.4 Å². The molecule has 29 heavy (non-hydrogen) atoms. The lowest BCUT2D eigenvalue weighted by molar-refractivity contribution is -0.158. The maximum atomic E-state index is 13.0. The monoisotopic (exact) mass is 421 g/mol. The number of rotatable bonds is 6. The van der Waals surface area contributed by atoms with Crippen molar-refractivity contribution in [2.45, 2.75) is 50.9 Å². The fraction of sp³-hybridized carbons (Fsp3) is 0.591. The van der Waals surface area contributed by atoms with Crippen LogP contribution in [0.25, 0.3) is 0 Å². The first kappa shape index (κ1) is 21.6. The lowest BCUT2D eigenvalue weighted by Gasteiger charge is -2.31. The van der Waals surface area contributed by atoms with Crippen LogP contribution in [-0.2, 0) is 29.3 Å². The predicted molar refractivity (Wildman–Crippen MR) is 108 cm³/mol. The van der Waals surface area contributed by atoms with Gasteiger partial charge in [-0.25, -0.2) is 0 Å². The molecule has 0 unspecified atom stereocenters. The molecule has 0 aromatic heterocycles. The maximum Gasteiger partial charge on any atom is 0.317 e. The molecule has 1 saturated carbocycles. The summed E-state index contributed by atoms with van der Waals surface area (Å²) in [6, 6.07) is 7.31. The number of piperidine rings is 1. The fourth-order valence-electron chi connectivity index (χ4n) is 4.34. The minimum atomic E-state index is -0.693. The molecule has 0 atom stereocenters. The highest BCUT2D eigenvalue weighted by molar-refractivity contribution is 6.30. The van der Waals surface area contributed by atoms with Crippen LogP contribution in [0.2, 0.25) is 5.02 Å². The van der Waals surface area contributed by atoms with Gasteiger partial charge in [0.15, 0.2) is 6.61 Å². The molecule has 2 fully saturated rings. The van der Waals surface area contributed by atoms with E-state index in [4.69, 9.17) is 21.1 Å². The number of nitrogens with zero attached hydrogens (tertiary/aromatic N) is 1. The molecule has 0 radical (unpaired) electrons. The van der Waals surface area contributed by atoms with E-state index in [-0.39, 0.29) is 30.4 Å². The number of benzene rings is 1. The van der Waals surface area contributed by atoms with Gasteiger partial charge in [-0.15, -0.1) is 0 Å². The lowest BCUT2D eigenvalue weighted by atomic mass is 9.79. The molecule has 1 aliphatic heterocycles. The van der Waals surface area contributed by atoms with Gasteiger partial charge in [0.05, 0.1) is 17.9 Å². The van der Waals surface area contributed by atoms with Crippen LogP contribution in [0, 0.1) is 5.92 Å². The number of halogens is 1. The second-order valence-electron chi connectivity index (χ2n) is 7.78. The van der Waals surface area contributed by atoms with Gasteiger partial charge in [0.25, 0.3) is 5.91 Å². The molecule has 1 aromatic rings. The summed E-state index contributed by atoms with van der Waals surface area (Å²) in [5.74, 6) is -0.914. The number of hydrogen-bond acceptors (Lipinski definition) is 5. The maximum absolute atomic E-state index is 13.0. The third kappa shape index (κ3) is 4.92. The highest BCUT2D eigenvalue weighted by atomic mass is 35.5. The first-order chi connectivity index (χ1) is 14.0. The lowest BCUT2D eigenvalue weighted by Crippen LogP contribution is -2.43. The number of amides is 1. The highest BCUT2D eigenvalue weighted by Gasteiger charge is 2.44. The molecule has 7 heteroatoms. The van der Waals surface area contributed by atoms with E-state index in [0.717, 1.165) is 18.4 Å². The Morgan fingerprint density at radius 1 is 1.07 bits per heavy atom. The fourth-order valence-corrected chi connectivity index (χ4v) is 4.47. The molecule has 6 nitrogen and oxygen atoms in total. The van der Waals surface area contributed by atoms with Crippen LogP contribution in [0.1, 0.15) is 51.0 Å². The number of carbonyl (C=O) groups is 3. The SMILES string of the molecule is CCOC(=O)C1CCN(C(=O)COC(=O)C2(c3ccc(Cl)cc3)CCCC2)CC1. The molecule has 1 aliphatic carbocycles. The van der Waals surface area contributed by atoms with Crippen molar-refractivity contribution < 1.29 is 23.9 Å². The Balaban J connectivity index is 1.55. The number of esters is 2. The summed E-state index contributed by atoms with van der Waals surface area (Å²) in [6.07, 6.45) is 4.49. The third-order valence-corrected chi connectivity index (χ3v) is 6.29. The number of likely N-dealkylation sites (tertiary alicyclic amines) is 1. The van der Waals surface area contributed by atoms with E-state index in [1.54, 1.807) is 24.0 Å². The zero-order valence-electron chi connectivity index (χ0n) is 16.8. The van der Waals surface area contributed by atoms with Gasteiger partial charge >= 0.3 is 11.9 Å². The summed E-state index contributed by atoms with van der Waals surface area (Å²) in [4.78, 5) is 39.0. The first-order valence-electron chi connectivity index (χ1n) is 10.3. The number of hydrogen-bond donors (Lipinski definition) is 0. The molecule has 1 heterocycles. The van der Waals surface area contributed by atoms with Crippen LogP contribution < -0.4 is 0 Å². The van der Waals surface area contributed by atoms with Crippen molar-refractivity contribution in [2.75, 3.05) is 26.3 Å². The average Bonchev–Trinajstić information content (AvgIpc) is 3.24. The Bertz CT molecular complexity index is 734. The Labute approximate surface area is 176 Å². The Kier molecular flexibility index (Phi) is 7.17. The topological polar surface area (TPSA) is 72.9 Å². The van der Waals surface area contributed by atoms with Crippen molar-refractivity contribution >= 4 is 29.4 Å². The number of carbonyl (C=O) groups excluding carboxylic acids is 3. The Morgan fingerprint density at radius 2 is 1.69 bits per heavy atom. The van der Waals surface area contributed by atoms with Gasteiger partial charge in [0.2, 0.25) is 0 Å². The van der Waals surface area contributed by atoms with Crippen molar-refractivity contribution in [1.82, 2.24) is 4.90 Å². The van der Waals surface area contributed by atoms with E-state index in [1.165, 1.54) is 0 Å². The summed E-state index contributed by atoms with van der Waals surface area (Å²) in [5, 5.41) is 0.622. The zero-order valence-corrected chi connectivity index (χ0v) is 17.6. The molecule has 1 saturated heterocycles. The molecule has 0 N–H and O–H groups in total. The van der Waals surface area contributed by atoms with Gasteiger partial charge in [-0.2, -0.15) is 0 Å². The molecular weight excluding hydrogens is 394 g/mol. The molecule has 2 aliphatic rings. The van der Waals surface area contributed by atoms with E-state index < -0.39 is 5.41 Å². The molecule has 3 rings (SSSR count). The van der Waals surface area contributed by atoms with Crippen LogP contribution in [0.3, 0.4) is 0 Å². The van der Waals surface area contributed by atoms with Crippen molar-refractivity contribution in [2.24, 2.45) is 5.92 Å². The molecule has 1 amide bonds. The van der Waals surface area contributed by atoms with Crippen molar-refractivity contribution in [3.63, 3.8) is 0 Å². The van der Waals surface area contributed by atoms with Gasteiger partial charge in [-0.1, -0.05) is 36.6 Å². The highest BCUT2D eigenvalue weighted by Crippen LogP contribution is 2.42. The van der Waals surface area contributed by atoms with Crippen LogP contribution in [-0.4, -0.2) is 49.0 Å². The van der Waals surface area contributed by atoms with E-state index in [1.807, 2.05) is 12.1 Å². The summed E-state index contributed by atoms with van der Waals surface area (Å²) >= 11 is 5.98. The van der Waals surface area contributed by atoms with Crippen LogP contribution >= 0.6 is 11.6 Å². The number of ether oxygens (including phenoxy) is 2. The summed E-state index contributed by atoms with van der Waals surface area (Å²) in [7, 11) is 0.